The number of carbonyl (C=O) groups is 2. The number of ether oxygens (including phenoxy) is 1. The van der Waals surface area contributed by atoms with Crippen LogP contribution in [-0.2, 0) is 11.3 Å². The van der Waals surface area contributed by atoms with Crippen molar-refractivity contribution in [2.45, 2.75) is 6.54 Å². The molecule has 0 aliphatic carbocycles. The first-order valence-corrected chi connectivity index (χ1v) is 8.16. The predicted molar refractivity (Wildman–Crippen MR) is 101 cm³/mol. The van der Waals surface area contributed by atoms with Crippen LogP contribution in [-0.4, -0.2) is 35.4 Å². The van der Waals surface area contributed by atoms with Gasteiger partial charge in [-0.05, 0) is 23.8 Å². The Labute approximate surface area is 161 Å². The summed E-state index contributed by atoms with van der Waals surface area (Å²) < 4.78 is 4.60. The molecule has 8 nitrogen and oxygen atoms in total. The second-order valence-corrected chi connectivity index (χ2v) is 5.80. The number of nitriles is 1. The summed E-state index contributed by atoms with van der Waals surface area (Å²) in [6.07, 6.45) is 1.52. The van der Waals surface area contributed by atoms with E-state index in [0.29, 0.717) is 11.1 Å². The Bertz CT molecular complexity index is 978. The molecular formula is C20H17N3O5. The summed E-state index contributed by atoms with van der Waals surface area (Å²) in [7, 11) is 1.15. The number of esters is 1. The molecule has 0 unspecified atom stereocenters. The number of benzene rings is 2. The van der Waals surface area contributed by atoms with Crippen molar-refractivity contribution in [1.82, 2.24) is 4.90 Å². The topological polar surface area (TPSA) is 114 Å². The van der Waals surface area contributed by atoms with E-state index in [4.69, 9.17) is 5.26 Å². The normalized spacial score (nSPS) is 9.86. The van der Waals surface area contributed by atoms with Crippen LogP contribution in [0.25, 0.3) is 0 Å². The summed E-state index contributed by atoms with van der Waals surface area (Å²) in [5, 5.41) is 20.2. The zero-order valence-corrected chi connectivity index (χ0v) is 15.1. The van der Waals surface area contributed by atoms with Gasteiger partial charge >= 0.3 is 5.97 Å². The van der Waals surface area contributed by atoms with Gasteiger partial charge in [-0.2, -0.15) is 5.26 Å². The molecule has 0 heterocycles. The van der Waals surface area contributed by atoms with Crippen molar-refractivity contribution in [3.05, 3.63) is 87.5 Å². The average Bonchev–Trinajstić information content (AvgIpc) is 2.72. The molecule has 28 heavy (non-hydrogen) atoms. The molecule has 0 spiro atoms. The number of nitrogens with zero attached hydrogens (tertiary/aromatic N) is 3. The van der Waals surface area contributed by atoms with Crippen LogP contribution in [0, 0.1) is 21.4 Å². The second-order valence-electron chi connectivity index (χ2n) is 5.80. The van der Waals surface area contributed by atoms with Gasteiger partial charge in [-0.15, -0.1) is 6.58 Å². The van der Waals surface area contributed by atoms with Gasteiger partial charge in [0.15, 0.2) is 0 Å². The molecule has 0 saturated carbocycles. The molecule has 0 N–H and O–H groups in total. The van der Waals surface area contributed by atoms with Crippen LogP contribution in [0.3, 0.4) is 0 Å². The minimum absolute atomic E-state index is 0.0205. The van der Waals surface area contributed by atoms with Crippen LogP contribution in [0.1, 0.15) is 31.8 Å². The fourth-order valence-corrected chi connectivity index (χ4v) is 2.59. The van der Waals surface area contributed by atoms with E-state index in [1.807, 2.05) is 6.07 Å². The van der Waals surface area contributed by atoms with Crippen molar-refractivity contribution in [2.24, 2.45) is 0 Å². The fraction of sp³-hybridized carbons (Fsp3) is 0.150. The number of carbonyl (C=O) groups excluding carboxylic acids is 2. The Hall–Kier alpha value is -3.99. The highest BCUT2D eigenvalue weighted by Crippen LogP contribution is 2.20. The summed E-state index contributed by atoms with van der Waals surface area (Å²) in [5.41, 5.74) is 0.661. The van der Waals surface area contributed by atoms with E-state index in [9.17, 15) is 19.7 Å². The average molecular weight is 379 g/mol. The van der Waals surface area contributed by atoms with Gasteiger partial charge in [0.1, 0.15) is 0 Å². The predicted octanol–water partition coefficient (Wildman–Crippen LogP) is 3.08. The number of nitro benzene ring substituents is 1. The van der Waals surface area contributed by atoms with Crippen molar-refractivity contribution < 1.29 is 19.2 Å². The largest absolute Gasteiger partial charge is 0.465 e. The molecule has 0 aliphatic rings. The molecule has 0 radical (unpaired) electrons. The monoisotopic (exact) mass is 379 g/mol. The highest BCUT2D eigenvalue weighted by Gasteiger charge is 2.22. The molecule has 8 heteroatoms. The smallest absolute Gasteiger partial charge is 0.338 e. The van der Waals surface area contributed by atoms with E-state index in [1.54, 1.807) is 24.3 Å². The molecule has 0 atom stereocenters. The van der Waals surface area contributed by atoms with E-state index in [0.717, 1.165) is 19.2 Å². The van der Waals surface area contributed by atoms with Crippen molar-refractivity contribution in [3.8, 4) is 6.07 Å². The molecule has 0 aromatic heterocycles. The number of hydrogen-bond donors (Lipinski definition) is 0. The lowest BCUT2D eigenvalue weighted by Gasteiger charge is -2.21. The maximum Gasteiger partial charge on any atom is 0.338 e. The number of amides is 1. The molecule has 2 rings (SSSR count). The standard InChI is InChI=1S/C20H17N3O5/c1-3-7-22(13-15-6-4-5-14(8-15)12-21)19(24)16-9-17(20(25)28-2)11-18(10-16)23(26)27/h3-6,8-11H,1,7,13H2,2H3. The van der Waals surface area contributed by atoms with Crippen LogP contribution in [0.2, 0.25) is 0 Å². The van der Waals surface area contributed by atoms with E-state index < -0.39 is 22.5 Å². The van der Waals surface area contributed by atoms with E-state index in [2.05, 4.69) is 11.3 Å². The Kier molecular flexibility index (Phi) is 6.60. The minimum atomic E-state index is -0.783. The van der Waals surface area contributed by atoms with Gasteiger partial charge in [0.25, 0.3) is 11.6 Å². The third-order valence-corrected chi connectivity index (χ3v) is 3.86. The van der Waals surface area contributed by atoms with E-state index >= 15 is 0 Å². The Morgan fingerprint density at radius 2 is 2.00 bits per heavy atom. The van der Waals surface area contributed by atoms with Crippen molar-refractivity contribution in [3.63, 3.8) is 0 Å². The van der Waals surface area contributed by atoms with E-state index in [-0.39, 0.29) is 24.2 Å². The van der Waals surface area contributed by atoms with Gasteiger partial charge in [-0.3, -0.25) is 14.9 Å². The summed E-state index contributed by atoms with van der Waals surface area (Å²) in [4.78, 5) is 36.7. The fourth-order valence-electron chi connectivity index (χ4n) is 2.59. The first-order valence-electron chi connectivity index (χ1n) is 8.16. The van der Waals surface area contributed by atoms with Crippen molar-refractivity contribution in [1.29, 1.82) is 5.26 Å². The van der Waals surface area contributed by atoms with Gasteiger partial charge in [-0.1, -0.05) is 18.2 Å². The Morgan fingerprint density at radius 1 is 1.29 bits per heavy atom. The lowest BCUT2D eigenvalue weighted by Crippen LogP contribution is -2.31. The second kappa shape index (κ2) is 9.09. The lowest BCUT2D eigenvalue weighted by atomic mass is 10.1. The van der Waals surface area contributed by atoms with Crippen LogP contribution < -0.4 is 0 Å². The molecule has 0 bridgehead atoms. The van der Waals surface area contributed by atoms with Crippen LogP contribution >= 0.6 is 0 Å². The molecule has 2 aromatic carbocycles. The SMILES string of the molecule is C=CCN(Cc1cccc(C#N)c1)C(=O)c1cc(C(=O)OC)cc([N+](=O)[O-])c1. The Morgan fingerprint density at radius 3 is 2.61 bits per heavy atom. The first kappa shape index (κ1) is 20.3. The van der Waals surface area contributed by atoms with Crippen LogP contribution in [0.4, 0.5) is 5.69 Å². The number of hydrogen-bond acceptors (Lipinski definition) is 6. The van der Waals surface area contributed by atoms with Crippen molar-refractivity contribution >= 4 is 17.6 Å². The number of rotatable bonds is 7. The van der Waals surface area contributed by atoms with Gasteiger partial charge in [0.05, 0.1) is 29.2 Å². The minimum Gasteiger partial charge on any atom is -0.465 e. The number of non-ortho nitro benzene ring substituents is 1. The van der Waals surface area contributed by atoms with Gasteiger partial charge in [0, 0.05) is 30.8 Å². The molecular weight excluding hydrogens is 362 g/mol. The van der Waals surface area contributed by atoms with Crippen molar-refractivity contribution in [2.75, 3.05) is 13.7 Å². The Balaban J connectivity index is 2.42. The molecule has 1 amide bonds. The lowest BCUT2D eigenvalue weighted by molar-refractivity contribution is -0.384. The first-order chi connectivity index (χ1) is 13.4. The molecule has 2 aromatic rings. The number of nitro groups is 1. The molecule has 142 valence electrons. The van der Waals surface area contributed by atoms with Crippen LogP contribution in [0.5, 0.6) is 0 Å². The quantitative estimate of drug-likeness (QED) is 0.316. The molecule has 0 saturated heterocycles. The summed E-state index contributed by atoms with van der Waals surface area (Å²) in [6.45, 7) is 3.96. The van der Waals surface area contributed by atoms with Gasteiger partial charge < -0.3 is 9.64 Å². The van der Waals surface area contributed by atoms with Gasteiger partial charge in [0.2, 0.25) is 0 Å². The van der Waals surface area contributed by atoms with E-state index in [1.165, 1.54) is 17.0 Å². The molecule has 0 fully saturated rings. The maximum absolute atomic E-state index is 13.0. The summed E-state index contributed by atoms with van der Waals surface area (Å²) in [5.74, 6) is -1.30. The van der Waals surface area contributed by atoms with Gasteiger partial charge in [-0.25, -0.2) is 4.79 Å². The highest BCUT2D eigenvalue weighted by atomic mass is 16.6. The highest BCUT2D eigenvalue weighted by molar-refractivity contribution is 5.99. The maximum atomic E-state index is 13.0. The molecule has 0 aliphatic heterocycles. The zero-order chi connectivity index (χ0) is 20.7. The number of methoxy groups -OCH3 is 1. The summed E-state index contributed by atoms with van der Waals surface area (Å²) >= 11 is 0. The third-order valence-electron chi connectivity index (χ3n) is 3.86. The van der Waals surface area contributed by atoms with Crippen LogP contribution in [0.15, 0.2) is 55.1 Å². The third kappa shape index (κ3) is 4.80. The summed E-state index contributed by atoms with van der Waals surface area (Å²) in [6, 6.07) is 12.2. The zero-order valence-electron chi connectivity index (χ0n) is 15.1.